The molecule has 0 aliphatic heterocycles. The fraction of sp³-hybridized carbons (Fsp3) is 0.462. The van der Waals surface area contributed by atoms with Gasteiger partial charge in [0.05, 0.1) is 0 Å². The van der Waals surface area contributed by atoms with Crippen LogP contribution < -0.4 is 10.1 Å². The Morgan fingerprint density at radius 3 is 2.83 bits per heavy atom. The number of carboxylic acids is 1. The number of carbonyl (C=O) groups is 1. The van der Waals surface area contributed by atoms with E-state index in [-0.39, 0.29) is 0 Å². The number of carboxylic acid groups (broad SMARTS) is 1. The van der Waals surface area contributed by atoms with Crippen LogP contribution in [0.15, 0.2) is 22.7 Å². The number of halogens is 1. The van der Waals surface area contributed by atoms with Crippen molar-refractivity contribution in [2.45, 2.75) is 32.4 Å². The molecule has 1 atom stereocenters. The first kappa shape index (κ1) is 15.0. The zero-order valence-corrected chi connectivity index (χ0v) is 12.2. The van der Waals surface area contributed by atoms with Crippen molar-refractivity contribution in [1.82, 2.24) is 5.32 Å². The number of hydrogen-bond acceptors (Lipinski definition) is 3. The first-order chi connectivity index (χ1) is 8.58. The molecule has 0 spiro atoms. The molecule has 0 bridgehead atoms. The van der Waals surface area contributed by atoms with Crippen molar-refractivity contribution in [3.8, 4) is 5.75 Å². The van der Waals surface area contributed by atoms with E-state index in [1.54, 1.807) is 6.07 Å². The van der Waals surface area contributed by atoms with Crippen LogP contribution in [0.25, 0.3) is 0 Å². The average Bonchev–Trinajstić information content (AvgIpc) is 2.31. The molecule has 18 heavy (non-hydrogen) atoms. The van der Waals surface area contributed by atoms with Crippen LogP contribution in [-0.4, -0.2) is 24.2 Å². The summed E-state index contributed by atoms with van der Waals surface area (Å²) in [5.74, 6) is -0.302. The van der Waals surface area contributed by atoms with Crippen molar-refractivity contribution in [2.75, 3.05) is 7.05 Å². The van der Waals surface area contributed by atoms with E-state index in [0.29, 0.717) is 18.7 Å². The molecule has 0 aromatic heterocycles. The summed E-state index contributed by atoms with van der Waals surface area (Å²) in [6.07, 6.45) is 0.492. The summed E-state index contributed by atoms with van der Waals surface area (Å²) >= 11 is 3.39. The van der Waals surface area contributed by atoms with Gasteiger partial charge in [0.2, 0.25) is 0 Å². The van der Waals surface area contributed by atoms with Crippen LogP contribution in [0.2, 0.25) is 0 Å². The van der Waals surface area contributed by atoms with Crippen molar-refractivity contribution < 1.29 is 14.6 Å². The second-order valence-corrected chi connectivity index (χ2v) is 4.93. The van der Waals surface area contributed by atoms with Gasteiger partial charge in [-0.1, -0.05) is 29.3 Å². The van der Waals surface area contributed by atoms with Gasteiger partial charge < -0.3 is 15.2 Å². The molecule has 0 fully saturated rings. The highest BCUT2D eigenvalue weighted by Gasteiger charge is 2.19. The second kappa shape index (κ2) is 7.38. The Morgan fingerprint density at radius 1 is 1.56 bits per heavy atom. The monoisotopic (exact) mass is 315 g/mol. The molecular weight excluding hydrogens is 298 g/mol. The van der Waals surface area contributed by atoms with Gasteiger partial charge in [-0.2, -0.15) is 0 Å². The van der Waals surface area contributed by atoms with E-state index in [9.17, 15) is 4.79 Å². The lowest BCUT2D eigenvalue weighted by Crippen LogP contribution is -2.27. The molecule has 1 unspecified atom stereocenters. The number of rotatable bonds is 7. The van der Waals surface area contributed by atoms with Crippen molar-refractivity contribution in [3.63, 3.8) is 0 Å². The molecule has 0 saturated carbocycles. The molecule has 2 N–H and O–H groups in total. The lowest BCUT2D eigenvalue weighted by atomic mass is 10.1. The Hall–Kier alpha value is -1.07. The zero-order chi connectivity index (χ0) is 13.5. The Bertz CT molecular complexity index is 409. The first-order valence-corrected chi connectivity index (χ1v) is 6.70. The summed E-state index contributed by atoms with van der Waals surface area (Å²) in [5.41, 5.74) is 0.939. The van der Waals surface area contributed by atoms with E-state index >= 15 is 0 Å². The SMILES string of the molecule is CCCC(Oc1ccc(Br)cc1CNC)C(=O)O. The van der Waals surface area contributed by atoms with Crippen LogP contribution in [0.5, 0.6) is 5.75 Å². The lowest BCUT2D eigenvalue weighted by molar-refractivity contribution is -0.145. The van der Waals surface area contributed by atoms with E-state index in [1.807, 2.05) is 26.1 Å². The Kier molecular flexibility index (Phi) is 6.15. The molecule has 0 amide bonds. The predicted molar refractivity (Wildman–Crippen MR) is 73.9 cm³/mol. The van der Waals surface area contributed by atoms with Gasteiger partial charge in [-0.25, -0.2) is 4.79 Å². The topological polar surface area (TPSA) is 58.6 Å². The van der Waals surface area contributed by atoms with Crippen molar-refractivity contribution in [1.29, 1.82) is 0 Å². The summed E-state index contributed by atoms with van der Waals surface area (Å²) in [4.78, 5) is 11.1. The standard InChI is InChI=1S/C13H18BrNO3/c1-3-4-12(13(16)17)18-11-6-5-10(14)7-9(11)8-15-2/h5-7,12,15H,3-4,8H2,1-2H3,(H,16,17). The van der Waals surface area contributed by atoms with Crippen molar-refractivity contribution in [2.24, 2.45) is 0 Å². The maximum Gasteiger partial charge on any atom is 0.344 e. The van der Waals surface area contributed by atoms with Crippen LogP contribution >= 0.6 is 15.9 Å². The molecular formula is C13H18BrNO3. The van der Waals surface area contributed by atoms with Crippen molar-refractivity contribution >= 4 is 21.9 Å². The van der Waals surface area contributed by atoms with Gasteiger partial charge in [-0.3, -0.25) is 0 Å². The predicted octanol–water partition coefficient (Wildman–Crippen LogP) is 2.80. The Labute approximate surface area is 115 Å². The molecule has 0 aliphatic carbocycles. The van der Waals surface area contributed by atoms with E-state index in [2.05, 4.69) is 21.2 Å². The van der Waals surface area contributed by atoms with Gasteiger partial charge in [0.15, 0.2) is 6.10 Å². The number of benzene rings is 1. The fourth-order valence-electron chi connectivity index (χ4n) is 1.64. The normalized spacial score (nSPS) is 12.2. The highest BCUT2D eigenvalue weighted by Crippen LogP contribution is 2.25. The summed E-state index contributed by atoms with van der Waals surface area (Å²) in [5, 5.41) is 12.1. The lowest BCUT2D eigenvalue weighted by Gasteiger charge is -2.17. The summed E-state index contributed by atoms with van der Waals surface area (Å²) in [6, 6.07) is 5.57. The minimum atomic E-state index is -0.921. The van der Waals surface area contributed by atoms with Gasteiger partial charge in [-0.15, -0.1) is 0 Å². The van der Waals surface area contributed by atoms with Gasteiger partial charge >= 0.3 is 5.97 Å². The number of hydrogen-bond donors (Lipinski definition) is 2. The summed E-state index contributed by atoms with van der Waals surface area (Å²) < 4.78 is 6.54. The minimum Gasteiger partial charge on any atom is -0.479 e. The van der Waals surface area contributed by atoms with Gasteiger partial charge in [0.25, 0.3) is 0 Å². The van der Waals surface area contributed by atoms with Crippen LogP contribution in [-0.2, 0) is 11.3 Å². The largest absolute Gasteiger partial charge is 0.479 e. The molecule has 4 nitrogen and oxygen atoms in total. The molecule has 0 heterocycles. The third-order valence-corrected chi connectivity index (χ3v) is 2.98. The van der Waals surface area contributed by atoms with Gasteiger partial charge in [-0.05, 0) is 31.7 Å². The van der Waals surface area contributed by atoms with E-state index in [4.69, 9.17) is 9.84 Å². The highest BCUT2D eigenvalue weighted by atomic mass is 79.9. The average molecular weight is 316 g/mol. The third kappa shape index (κ3) is 4.31. The third-order valence-electron chi connectivity index (χ3n) is 2.49. The Balaban J connectivity index is 2.90. The maximum absolute atomic E-state index is 11.1. The molecule has 0 saturated heterocycles. The second-order valence-electron chi connectivity index (χ2n) is 4.02. The van der Waals surface area contributed by atoms with E-state index in [0.717, 1.165) is 16.5 Å². The molecule has 1 rings (SSSR count). The van der Waals surface area contributed by atoms with Crippen LogP contribution in [0, 0.1) is 0 Å². The molecule has 100 valence electrons. The number of ether oxygens (including phenoxy) is 1. The fourth-order valence-corrected chi connectivity index (χ4v) is 2.05. The molecule has 1 aromatic rings. The van der Waals surface area contributed by atoms with Crippen LogP contribution in [0.1, 0.15) is 25.3 Å². The molecule has 0 radical (unpaired) electrons. The molecule has 5 heteroatoms. The van der Waals surface area contributed by atoms with Gasteiger partial charge in [0.1, 0.15) is 5.75 Å². The minimum absolute atomic E-state index is 0.504. The number of aliphatic carboxylic acids is 1. The summed E-state index contributed by atoms with van der Waals surface area (Å²) in [6.45, 7) is 2.57. The summed E-state index contributed by atoms with van der Waals surface area (Å²) in [7, 11) is 1.84. The molecule has 0 aliphatic rings. The Morgan fingerprint density at radius 2 is 2.28 bits per heavy atom. The van der Waals surface area contributed by atoms with E-state index in [1.165, 1.54) is 0 Å². The van der Waals surface area contributed by atoms with Gasteiger partial charge in [0, 0.05) is 16.6 Å². The number of nitrogens with one attached hydrogen (secondary N) is 1. The highest BCUT2D eigenvalue weighted by molar-refractivity contribution is 9.10. The van der Waals surface area contributed by atoms with Crippen molar-refractivity contribution in [3.05, 3.63) is 28.2 Å². The van der Waals surface area contributed by atoms with E-state index < -0.39 is 12.1 Å². The quantitative estimate of drug-likeness (QED) is 0.812. The molecule has 1 aromatic carbocycles. The van der Waals surface area contributed by atoms with Crippen LogP contribution in [0.4, 0.5) is 0 Å². The van der Waals surface area contributed by atoms with Crippen LogP contribution in [0.3, 0.4) is 0 Å². The maximum atomic E-state index is 11.1. The smallest absolute Gasteiger partial charge is 0.344 e. The first-order valence-electron chi connectivity index (χ1n) is 5.91. The zero-order valence-electron chi connectivity index (χ0n) is 10.6.